The van der Waals surface area contributed by atoms with E-state index >= 15 is 0 Å². The third-order valence-electron chi connectivity index (χ3n) is 4.97. The number of likely N-dealkylation sites (tertiary alicyclic amines) is 1. The Morgan fingerprint density at radius 1 is 1.46 bits per heavy atom. The summed E-state index contributed by atoms with van der Waals surface area (Å²) in [5.74, 6) is 3.13. The highest BCUT2D eigenvalue weighted by Gasteiger charge is 2.25. The maximum absolute atomic E-state index is 12.6. The molecule has 1 saturated heterocycles. The summed E-state index contributed by atoms with van der Waals surface area (Å²) < 4.78 is 7.32. The van der Waals surface area contributed by atoms with Crippen molar-refractivity contribution in [2.75, 3.05) is 13.1 Å². The molecule has 3 rings (SSSR count). The first-order chi connectivity index (χ1) is 12.5. The van der Waals surface area contributed by atoms with E-state index in [1.807, 2.05) is 42.5 Å². The normalized spacial score (nSPS) is 18.7. The lowest BCUT2D eigenvalue weighted by atomic mass is 9.98. The van der Waals surface area contributed by atoms with Gasteiger partial charge in [0.25, 0.3) is 0 Å². The molecule has 0 bridgehead atoms. The fourth-order valence-electron chi connectivity index (χ4n) is 3.57. The minimum Gasteiger partial charge on any atom is -0.469 e. The fourth-order valence-corrected chi connectivity index (χ4v) is 3.57. The Morgan fingerprint density at radius 2 is 2.31 bits per heavy atom. The van der Waals surface area contributed by atoms with Crippen LogP contribution in [-0.2, 0) is 13.0 Å². The van der Waals surface area contributed by atoms with Gasteiger partial charge in [-0.1, -0.05) is 0 Å². The van der Waals surface area contributed by atoms with Gasteiger partial charge in [0, 0.05) is 32.1 Å². The predicted octanol–water partition coefficient (Wildman–Crippen LogP) is 2.93. The number of amides is 2. The number of carbonyl (C=O) groups excluding carboxylic acids is 1. The largest absolute Gasteiger partial charge is 0.469 e. The van der Waals surface area contributed by atoms with Crippen molar-refractivity contribution in [1.29, 1.82) is 0 Å². The number of carbonyl (C=O) groups is 1. The molecule has 142 valence electrons. The molecule has 1 fully saturated rings. The molecule has 1 aliphatic heterocycles. The molecule has 2 amide bonds. The Balaban J connectivity index is 1.47. The Bertz CT molecular complexity index is 710. The van der Waals surface area contributed by atoms with Crippen LogP contribution < -0.4 is 5.32 Å². The van der Waals surface area contributed by atoms with Crippen LogP contribution in [0.4, 0.5) is 4.79 Å². The minimum atomic E-state index is 0.0353. The standard InChI is InChI=1S/C19H29N5O2/c1-14(8-9-18-7-5-11-26-18)20-19(25)23-10-4-6-17(12-23)13-24-16(3)21-15(2)22-24/h5,7,11,14,17H,4,6,8-10,12-13H2,1-3H3,(H,20,25). The lowest BCUT2D eigenvalue weighted by Crippen LogP contribution is -2.48. The van der Waals surface area contributed by atoms with Gasteiger partial charge in [0.05, 0.1) is 6.26 Å². The number of urea groups is 1. The van der Waals surface area contributed by atoms with E-state index in [-0.39, 0.29) is 12.1 Å². The van der Waals surface area contributed by atoms with Crippen LogP contribution in [0, 0.1) is 19.8 Å². The molecule has 1 N–H and O–H groups in total. The van der Waals surface area contributed by atoms with Gasteiger partial charge in [0.2, 0.25) is 0 Å². The molecule has 1 aliphatic rings. The average Bonchev–Trinajstić information content (AvgIpc) is 3.23. The van der Waals surface area contributed by atoms with Crippen molar-refractivity contribution in [1.82, 2.24) is 25.0 Å². The zero-order chi connectivity index (χ0) is 18.5. The zero-order valence-corrected chi connectivity index (χ0v) is 15.9. The molecule has 0 saturated carbocycles. The van der Waals surface area contributed by atoms with Gasteiger partial charge in [0.1, 0.15) is 17.4 Å². The second-order valence-electron chi connectivity index (χ2n) is 7.31. The molecule has 7 nitrogen and oxygen atoms in total. The smallest absolute Gasteiger partial charge is 0.317 e. The number of rotatable bonds is 6. The Labute approximate surface area is 154 Å². The van der Waals surface area contributed by atoms with Crippen molar-refractivity contribution in [3.05, 3.63) is 35.8 Å². The maximum Gasteiger partial charge on any atom is 0.317 e. The summed E-state index contributed by atoms with van der Waals surface area (Å²) in [6.45, 7) is 8.36. The summed E-state index contributed by atoms with van der Waals surface area (Å²) in [7, 11) is 0. The molecular formula is C19H29N5O2. The van der Waals surface area contributed by atoms with Crippen LogP contribution in [0.1, 0.15) is 43.6 Å². The molecule has 2 aromatic heterocycles. The Morgan fingerprint density at radius 3 is 3.00 bits per heavy atom. The van der Waals surface area contributed by atoms with E-state index in [0.29, 0.717) is 5.92 Å². The monoisotopic (exact) mass is 359 g/mol. The summed E-state index contributed by atoms with van der Waals surface area (Å²) >= 11 is 0. The molecule has 0 aliphatic carbocycles. The minimum absolute atomic E-state index is 0.0353. The highest BCUT2D eigenvalue weighted by atomic mass is 16.3. The summed E-state index contributed by atoms with van der Waals surface area (Å²) in [5, 5.41) is 7.57. The SMILES string of the molecule is Cc1nc(C)n(CC2CCCN(C(=O)NC(C)CCc3ccco3)C2)n1. The predicted molar refractivity (Wildman–Crippen MR) is 98.8 cm³/mol. The first kappa shape index (κ1) is 18.5. The van der Waals surface area contributed by atoms with Crippen molar-refractivity contribution in [3.8, 4) is 0 Å². The van der Waals surface area contributed by atoms with Crippen molar-refractivity contribution in [2.24, 2.45) is 5.92 Å². The van der Waals surface area contributed by atoms with E-state index in [0.717, 1.165) is 62.7 Å². The third kappa shape index (κ3) is 4.86. The highest BCUT2D eigenvalue weighted by molar-refractivity contribution is 5.74. The van der Waals surface area contributed by atoms with Crippen LogP contribution in [0.15, 0.2) is 22.8 Å². The molecule has 0 spiro atoms. The molecule has 0 aromatic carbocycles. The van der Waals surface area contributed by atoms with Crippen LogP contribution in [0.25, 0.3) is 0 Å². The van der Waals surface area contributed by atoms with Gasteiger partial charge < -0.3 is 14.6 Å². The van der Waals surface area contributed by atoms with Crippen LogP contribution in [-0.4, -0.2) is 44.8 Å². The van der Waals surface area contributed by atoms with Gasteiger partial charge >= 0.3 is 6.03 Å². The number of piperidine rings is 1. The van der Waals surface area contributed by atoms with Crippen LogP contribution in [0.5, 0.6) is 0 Å². The maximum atomic E-state index is 12.6. The number of aryl methyl sites for hydroxylation is 3. The first-order valence-electron chi connectivity index (χ1n) is 9.47. The van der Waals surface area contributed by atoms with E-state index < -0.39 is 0 Å². The second kappa shape index (κ2) is 8.38. The van der Waals surface area contributed by atoms with E-state index in [1.165, 1.54) is 0 Å². The van der Waals surface area contributed by atoms with Gasteiger partial charge in [-0.25, -0.2) is 14.5 Å². The molecule has 3 heterocycles. The van der Waals surface area contributed by atoms with E-state index in [2.05, 4.69) is 15.4 Å². The molecule has 7 heteroatoms. The lowest BCUT2D eigenvalue weighted by molar-refractivity contribution is 0.154. The van der Waals surface area contributed by atoms with Gasteiger partial charge in [0.15, 0.2) is 0 Å². The van der Waals surface area contributed by atoms with E-state index in [4.69, 9.17) is 4.42 Å². The molecule has 0 radical (unpaired) electrons. The molecule has 26 heavy (non-hydrogen) atoms. The Kier molecular flexibility index (Phi) is 5.96. The molecule has 2 atom stereocenters. The summed E-state index contributed by atoms with van der Waals surface area (Å²) in [5.41, 5.74) is 0. The lowest BCUT2D eigenvalue weighted by Gasteiger charge is -2.33. The quantitative estimate of drug-likeness (QED) is 0.860. The van der Waals surface area contributed by atoms with Crippen LogP contribution in [0.2, 0.25) is 0 Å². The summed E-state index contributed by atoms with van der Waals surface area (Å²) in [6.07, 6.45) is 5.54. The first-order valence-corrected chi connectivity index (χ1v) is 9.47. The second-order valence-corrected chi connectivity index (χ2v) is 7.31. The van der Waals surface area contributed by atoms with Crippen molar-refractivity contribution >= 4 is 6.03 Å². The van der Waals surface area contributed by atoms with Gasteiger partial charge in [-0.05, 0) is 58.1 Å². The number of nitrogens with one attached hydrogen (secondary N) is 1. The molecule has 2 unspecified atom stereocenters. The topological polar surface area (TPSA) is 76.2 Å². The number of hydrogen-bond donors (Lipinski definition) is 1. The van der Waals surface area contributed by atoms with Crippen LogP contribution >= 0.6 is 0 Å². The van der Waals surface area contributed by atoms with Crippen molar-refractivity contribution in [2.45, 2.75) is 59.0 Å². The Hall–Kier alpha value is -2.31. The average molecular weight is 359 g/mol. The van der Waals surface area contributed by atoms with E-state index in [1.54, 1.807) is 6.26 Å². The number of hydrogen-bond acceptors (Lipinski definition) is 4. The highest BCUT2D eigenvalue weighted by Crippen LogP contribution is 2.19. The fraction of sp³-hybridized carbons (Fsp3) is 0.632. The van der Waals surface area contributed by atoms with Crippen LogP contribution in [0.3, 0.4) is 0 Å². The van der Waals surface area contributed by atoms with E-state index in [9.17, 15) is 4.79 Å². The summed E-state index contributed by atoms with van der Waals surface area (Å²) in [6, 6.07) is 4.02. The number of furan rings is 1. The molecule has 2 aromatic rings. The number of aromatic nitrogens is 3. The zero-order valence-electron chi connectivity index (χ0n) is 15.9. The third-order valence-corrected chi connectivity index (χ3v) is 4.97. The van der Waals surface area contributed by atoms with Gasteiger partial charge in [-0.3, -0.25) is 0 Å². The van der Waals surface area contributed by atoms with Crippen molar-refractivity contribution in [3.63, 3.8) is 0 Å². The van der Waals surface area contributed by atoms with Crippen molar-refractivity contribution < 1.29 is 9.21 Å². The van der Waals surface area contributed by atoms with Gasteiger partial charge in [-0.2, -0.15) is 5.10 Å². The summed E-state index contributed by atoms with van der Waals surface area (Å²) in [4.78, 5) is 18.9. The molecular weight excluding hydrogens is 330 g/mol. The van der Waals surface area contributed by atoms with Gasteiger partial charge in [-0.15, -0.1) is 0 Å². The number of nitrogens with zero attached hydrogens (tertiary/aromatic N) is 4.